The van der Waals surface area contributed by atoms with Gasteiger partial charge in [0, 0.05) is 6.54 Å². The molecule has 0 saturated heterocycles. The first-order valence-corrected chi connectivity index (χ1v) is 5.73. The van der Waals surface area contributed by atoms with E-state index in [2.05, 4.69) is 17.4 Å². The lowest BCUT2D eigenvalue weighted by atomic mass is 10.0. The zero-order valence-corrected chi connectivity index (χ0v) is 9.63. The van der Waals surface area contributed by atoms with Gasteiger partial charge in [0.25, 0.3) is 0 Å². The first kappa shape index (κ1) is 12.0. The summed E-state index contributed by atoms with van der Waals surface area (Å²) in [5.41, 5.74) is 1.22. The number of benzene rings is 1. The summed E-state index contributed by atoms with van der Waals surface area (Å²) >= 11 is 0. The SMILES string of the molecule is OCCNC(Cc1ccccc1)C1=COCO1. The number of aliphatic hydroxyl groups excluding tert-OH is 1. The Morgan fingerprint density at radius 2 is 2.12 bits per heavy atom. The zero-order chi connectivity index (χ0) is 11.9. The predicted octanol–water partition coefficient (Wildman–Crippen LogP) is 1.03. The maximum atomic E-state index is 8.87. The molecule has 1 heterocycles. The van der Waals surface area contributed by atoms with Crippen molar-refractivity contribution in [2.45, 2.75) is 12.5 Å². The predicted molar refractivity (Wildman–Crippen MR) is 64.1 cm³/mol. The van der Waals surface area contributed by atoms with Crippen LogP contribution in [-0.2, 0) is 15.9 Å². The second-order valence-electron chi connectivity index (χ2n) is 3.87. The van der Waals surface area contributed by atoms with E-state index >= 15 is 0 Å². The minimum Gasteiger partial charge on any atom is -0.462 e. The van der Waals surface area contributed by atoms with E-state index in [-0.39, 0.29) is 19.4 Å². The van der Waals surface area contributed by atoms with Crippen LogP contribution in [0.1, 0.15) is 5.56 Å². The first-order chi connectivity index (χ1) is 8.40. The summed E-state index contributed by atoms with van der Waals surface area (Å²) in [7, 11) is 0. The minimum atomic E-state index is 0.0482. The molecule has 4 nitrogen and oxygen atoms in total. The number of nitrogens with one attached hydrogen (secondary N) is 1. The molecular formula is C13H17NO3. The van der Waals surface area contributed by atoms with Gasteiger partial charge in [0.1, 0.15) is 6.26 Å². The van der Waals surface area contributed by atoms with E-state index < -0.39 is 0 Å². The lowest BCUT2D eigenvalue weighted by Crippen LogP contribution is -2.35. The molecule has 1 unspecified atom stereocenters. The molecule has 0 fully saturated rings. The zero-order valence-electron chi connectivity index (χ0n) is 9.63. The van der Waals surface area contributed by atoms with E-state index in [1.54, 1.807) is 6.26 Å². The Morgan fingerprint density at radius 1 is 1.29 bits per heavy atom. The lowest BCUT2D eigenvalue weighted by molar-refractivity contribution is 0.0731. The molecule has 92 valence electrons. The third-order valence-electron chi connectivity index (χ3n) is 2.62. The second kappa shape index (κ2) is 6.27. The number of aliphatic hydroxyl groups is 1. The summed E-state index contributed by atoms with van der Waals surface area (Å²) in [4.78, 5) is 0. The van der Waals surface area contributed by atoms with Crippen LogP contribution in [0.3, 0.4) is 0 Å². The molecule has 1 aliphatic heterocycles. The fraction of sp³-hybridized carbons (Fsp3) is 0.385. The van der Waals surface area contributed by atoms with E-state index in [1.165, 1.54) is 5.56 Å². The average Bonchev–Trinajstić information content (AvgIpc) is 2.89. The highest BCUT2D eigenvalue weighted by atomic mass is 16.7. The molecule has 1 aromatic rings. The number of hydrogen-bond donors (Lipinski definition) is 2. The molecule has 2 N–H and O–H groups in total. The number of rotatable bonds is 6. The number of ether oxygens (including phenoxy) is 2. The van der Waals surface area contributed by atoms with Gasteiger partial charge in [0.2, 0.25) is 6.79 Å². The van der Waals surface area contributed by atoms with Crippen molar-refractivity contribution in [1.82, 2.24) is 5.32 Å². The lowest BCUT2D eigenvalue weighted by Gasteiger charge is -2.18. The Hall–Kier alpha value is -1.52. The molecule has 1 atom stereocenters. The highest BCUT2D eigenvalue weighted by Gasteiger charge is 2.19. The van der Waals surface area contributed by atoms with Crippen LogP contribution in [0.5, 0.6) is 0 Å². The van der Waals surface area contributed by atoms with Crippen LogP contribution in [0.25, 0.3) is 0 Å². The van der Waals surface area contributed by atoms with Crippen molar-refractivity contribution in [3.8, 4) is 0 Å². The second-order valence-corrected chi connectivity index (χ2v) is 3.87. The molecule has 0 aromatic heterocycles. The van der Waals surface area contributed by atoms with Crippen molar-refractivity contribution in [2.24, 2.45) is 0 Å². The van der Waals surface area contributed by atoms with Crippen LogP contribution in [0, 0.1) is 0 Å². The molecule has 0 amide bonds. The molecule has 0 saturated carbocycles. The van der Waals surface area contributed by atoms with Crippen molar-refractivity contribution >= 4 is 0 Å². The number of hydrogen-bond acceptors (Lipinski definition) is 4. The molecule has 2 rings (SSSR count). The van der Waals surface area contributed by atoms with Gasteiger partial charge in [-0.3, -0.25) is 0 Å². The molecule has 0 aliphatic carbocycles. The van der Waals surface area contributed by atoms with Gasteiger partial charge in [-0.2, -0.15) is 0 Å². The first-order valence-electron chi connectivity index (χ1n) is 5.73. The Bertz CT molecular complexity index is 364. The molecule has 0 radical (unpaired) electrons. The van der Waals surface area contributed by atoms with Gasteiger partial charge in [0.15, 0.2) is 5.76 Å². The van der Waals surface area contributed by atoms with E-state index in [1.807, 2.05) is 18.2 Å². The normalized spacial score (nSPS) is 15.9. The summed E-state index contributed by atoms with van der Waals surface area (Å²) in [5.74, 6) is 0.794. The van der Waals surface area contributed by atoms with Crippen LogP contribution >= 0.6 is 0 Å². The highest BCUT2D eigenvalue weighted by molar-refractivity contribution is 5.19. The average molecular weight is 235 g/mol. The van der Waals surface area contributed by atoms with Crippen LogP contribution in [0.4, 0.5) is 0 Å². The van der Waals surface area contributed by atoms with Gasteiger partial charge in [-0.1, -0.05) is 30.3 Å². The minimum absolute atomic E-state index is 0.0482. The van der Waals surface area contributed by atoms with Crippen LogP contribution in [0.15, 0.2) is 42.4 Å². The fourth-order valence-electron chi connectivity index (χ4n) is 1.80. The summed E-state index contributed by atoms with van der Waals surface area (Å²) in [6.07, 6.45) is 2.45. The van der Waals surface area contributed by atoms with Crippen molar-refractivity contribution in [2.75, 3.05) is 19.9 Å². The summed E-state index contributed by atoms with van der Waals surface area (Å²) in [6, 6.07) is 10.2. The van der Waals surface area contributed by atoms with Crippen molar-refractivity contribution < 1.29 is 14.6 Å². The van der Waals surface area contributed by atoms with Crippen LogP contribution in [-0.4, -0.2) is 31.1 Å². The van der Waals surface area contributed by atoms with Gasteiger partial charge in [0.05, 0.1) is 12.6 Å². The van der Waals surface area contributed by atoms with Crippen molar-refractivity contribution in [3.63, 3.8) is 0 Å². The maximum absolute atomic E-state index is 8.87. The fourth-order valence-corrected chi connectivity index (χ4v) is 1.80. The molecule has 0 bridgehead atoms. The van der Waals surface area contributed by atoms with Crippen LogP contribution in [0.2, 0.25) is 0 Å². The van der Waals surface area contributed by atoms with Gasteiger partial charge in [-0.25, -0.2) is 0 Å². The summed E-state index contributed by atoms with van der Waals surface area (Å²) in [6.45, 7) is 0.930. The van der Waals surface area contributed by atoms with E-state index in [0.717, 1.165) is 12.2 Å². The third kappa shape index (κ3) is 3.47. The quantitative estimate of drug-likeness (QED) is 0.773. The van der Waals surface area contributed by atoms with E-state index in [0.29, 0.717) is 6.54 Å². The maximum Gasteiger partial charge on any atom is 0.229 e. The van der Waals surface area contributed by atoms with Gasteiger partial charge < -0.3 is 19.9 Å². The van der Waals surface area contributed by atoms with Crippen molar-refractivity contribution in [3.05, 3.63) is 47.9 Å². The van der Waals surface area contributed by atoms with Crippen LogP contribution < -0.4 is 5.32 Å². The molecule has 1 aliphatic rings. The molecule has 1 aromatic carbocycles. The molecular weight excluding hydrogens is 218 g/mol. The molecule has 4 heteroatoms. The van der Waals surface area contributed by atoms with Crippen molar-refractivity contribution in [1.29, 1.82) is 0 Å². The Kier molecular flexibility index (Phi) is 4.41. The standard InChI is InChI=1S/C13H17NO3/c15-7-6-14-12(13-9-16-10-17-13)8-11-4-2-1-3-5-11/h1-5,9,12,14-15H,6-8,10H2. The summed E-state index contributed by atoms with van der Waals surface area (Å²) in [5, 5.41) is 12.1. The van der Waals surface area contributed by atoms with E-state index in [9.17, 15) is 0 Å². The smallest absolute Gasteiger partial charge is 0.229 e. The summed E-state index contributed by atoms with van der Waals surface area (Å²) < 4.78 is 10.4. The van der Waals surface area contributed by atoms with E-state index in [4.69, 9.17) is 14.6 Å². The monoisotopic (exact) mass is 235 g/mol. The Labute approximate surface area is 101 Å². The third-order valence-corrected chi connectivity index (χ3v) is 2.62. The van der Waals surface area contributed by atoms with Gasteiger partial charge in [-0.05, 0) is 12.0 Å². The Balaban J connectivity index is 2.00. The highest BCUT2D eigenvalue weighted by Crippen LogP contribution is 2.15. The topological polar surface area (TPSA) is 50.7 Å². The molecule has 0 spiro atoms. The molecule has 17 heavy (non-hydrogen) atoms. The largest absolute Gasteiger partial charge is 0.462 e. The Morgan fingerprint density at radius 3 is 2.76 bits per heavy atom. The van der Waals surface area contributed by atoms with Gasteiger partial charge >= 0.3 is 0 Å². The van der Waals surface area contributed by atoms with Gasteiger partial charge in [-0.15, -0.1) is 0 Å².